The molecule has 2 amide bonds. The second-order valence-electron chi connectivity index (χ2n) is 5.16. The minimum atomic E-state index is -0.842. The lowest BCUT2D eigenvalue weighted by Gasteiger charge is -2.31. The summed E-state index contributed by atoms with van der Waals surface area (Å²) in [5.41, 5.74) is 1.72. The van der Waals surface area contributed by atoms with Gasteiger partial charge in [0, 0.05) is 22.0 Å². The van der Waals surface area contributed by atoms with Crippen LogP contribution in [0, 0.1) is 12.8 Å². The summed E-state index contributed by atoms with van der Waals surface area (Å²) in [6.07, 6.45) is 1.33. The quantitative estimate of drug-likeness (QED) is 0.764. The molecule has 114 valence electrons. The minimum absolute atomic E-state index is 0.252. The summed E-state index contributed by atoms with van der Waals surface area (Å²) in [6.45, 7) is 2.79. The fourth-order valence-electron chi connectivity index (χ4n) is 2.37. The van der Waals surface area contributed by atoms with Crippen LogP contribution in [-0.4, -0.2) is 35.1 Å². The van der Waals surface area contributed by atoms with Gasteiger partial charge in [0.1, 0.15) is 0 Å². The lowest BCUT2D eigenvalue weighted by molar-refractivity contribution is -0.143. The van der Waals surface area contributed by atoms with Crippen LogP contribution in [-0.2, 0) is 4.79 Å². The molecule has 5 nitrogen and oxygen atoms in total. The van der Waals surface area contributed by atoms with Gasteiger partial charge in [-0.3, -0.25) is 4.79 Å². The number of anilines is 1. The third-order valence-corrected chi connectivity index (χ3v) is 4.73. The number of hydrogen-bond acceptors (Lipinski definition) is 2. The molecule has 1 fully saturated rings. The van der Waals surface area contributed by atoms with Crippen molar-refractivity contribution in [2.24, 2.45) is 5.92 Å². The Labute approximate surface area is 140 Å². The molecule has 1 unspecified atom stereocenters. The van der Waals surface area contributed by atoms with E-state index in [2.05, 4.69) is 37.2 Å². The number of carboxylic acid groups (broad SMARTS) is 1. The maximum atomic E-state index is 12.3. The lowest BCUT2D eigenvalue weighted by atomic mass is 9.99. The largest absolute Gasteiger partial charge is 0.481 e. The highest BCUT2D eigenvalue weighted by Gasteiger charge is 2.28. The number of carboxylic acids is 1. The van der Waals surface area contributed by atoms with Gasteiger partial charge < -0.3 is 15.3 Å². The number of likely N-dealkylation sites (tertiary alicyclic amines) is 1. The summed E-state index contributed by atoms with van der Waals surface area (Å²) in [5.74, 6) is -1.32. The van der Waals surface area contributed by atoms with Gasteiger partial charge in [0.05, 0.1) is 11.6 Å². The molecule has 1 aliphatic rings. The first kappa shape index (κ1) is 16.3. The summed E-state index contributed by atoms with van der Waals surface area (Å²) in [7, 11) is 0. The molecule has 2 rings (SSSR count). The Morgan fingerprint density at radius 3 is 2.52 bits per heavy atom. The molecule has 2 N–H and O–H groups in total. The van der Waals surface area contributed by atoms with Crippen LogP contribution in [0.25, 0.3) is 0 Å². The molecule has 1 atom stereocenters. The van der Waals surface area contributed by atoms with E-state index in [9.17, 15) is 9.59 Å². The number of rotatable bonds is 2. The average molecular weight is 420 g/mol. The van der Waals surface area contributed by atoms with Gasteiger partial charge in [-0.1, -0.05) is 0 Å². The van der Waals surface area contributed by atoms with Crippen LogP contribution < -0.4 is 5.32 Å². The number of benzene rings is 1. The molecule has 0 radical (unpaired) electrons. The van der Waals surface area contributed by atoms with E-state index in [1.165, 1.54) is 0 Å². The second-order valence-corrected chi connectivity index (χ2v) is 6.87. The van der Waals surface area contributed by atoms with E-state index in [1.54, 1.807) is 4.90 Å². The first-order valence-electron chi connectivity index (χ1n) is 6.63. The van der Waals surface area contributed by atoms with Gasteiger partial charge in [-0.2, -0.15) is 0 Å². The summed E-state index contributed by atoms with van der Waals surface area (Å²) >= 11 is 6.86. The van der Waals surface area contributed by atoms with Crippen LogP contribution in [0.15, 0.2) is 21.1 Å². The lowest BCUT2D eigenvalue weighted by Crippen LogP contribution is -2.44. The number of nitrogens with one attached hydrogen (secondary N) is 1. The van der Waals surface area contributed by atoms with Crippen molar-refractivity contribution in [2.75, 3.05) is 18.4 Å². The summed E-state index contributed by atoms with van der Waals surface area (Å²) in [6, 6.07) is 3.55. The molecule has 0 bridgehead atoms. The zero-order chi connectivity index (χ0) is 15.6. The van der Waals surface area contributed by atoms with Crippen LogP contribution in [0.4, 0.5) is 10.5 Å². The van der Waals surface area contributed by atoms with Gasteiger partial charge in [-0.05, 0) is 69.3 Å². The molecule has 0 aromatic heterocycles. The molecule has 21 heavy (non-hydrogen) atoms. The third-order valence-electron chi connectivity index (χ3n) is 3.48. The number of aliphatic carboxylic acids is 1. The van der Waals surface area contributed by atoms with Gasteiger partial charge in [0.2, 0.25) is 0 Å². The molecular weight excluding hydrogens is 404 g/mol. The predicted molar refractivity (Wildman–Crippen MR) is 87.5 cm³/mol. The van der Waals surface area contributed by atoms with Crippen molar-refractivity contribution in [3.05, 3.63) is 26.6 Å². The van der Waals surface area contributed by atoms with Crippen molar-refractivity contribution in [3.8, 4) is 0 Å². The molecule has 0 spiro atoms. The van der Waals surface area contributed by atoms with E-state index in [4.69, 9.17) is 5.11 Å². The Hall–Kier alpha value is -1.08. The normalized spacial score (nSPS) is 18.4. The topological polar surface area (TPSA) is 69.6 Å². The maximum absolute atomic E-state index is 12.3. The molecule has 1 aromatic carbocycles. The molecule has 1 saturated heterocycles. The van der Waals surface area contributed by atoms with Crippen molar-refractivity contribution in [1.29, 1.82) is 0 Å². The zero-order valence-electron chi connectivity index (χ0n) is 11.5. The predicted octanol–water partition coefficient (Wildman–Crippen LogP) is 3.85. The first-order chi connectivity index (χ1) is 9.88. The van der Waals surface area contributed by atoms with E-state index >= 15 is 0 Å². The Morgan fingerprint density at radius 2 is 1.95 bits per heavy atom. The van der Waals surface area contributed by atoms with Crippen molar-refractivity contribution >= 4 is 49.5 Å². The highest BCUT2D eigenvalue weighted by Crippen LogP contribution is 2.32. The van der Waals surface area contributed by atoms with Crippen molar-refractivity contribution in [1.82, 2.24) is 4.90 Å². The number of piperidine rings is 1. The number of amides is 2. The van der Waals surface area contributed by atoms with Crippen LogP contribution in [0.2, 0.25) is 0 Å². The summed E-state index contributed by atoms with van der Waals surface area (Å²) in [5, 5.41) is 11.9. The first-order valence-corrected chi connectivity index (χ1v) is 8.21. The molecule has 7 heteroatoms. The zero-order valence-corrected chi connectivity index (χ0v) is 14.7. The molecular formula is C14H16Br2N2O3. The maximum Gasteiger partial charge on any atom is 0.321 e. The number of hydrogen-bond donors (Lipinski definition) is 2. The Balaban J connectivity index is 2.10. The smallest absolute Gasteiger partial charge is 0.321 e. The number of nitrogens with zero attached hydrogens (tertiary/aromatic N) is 1. The van der Waals surface area contributed by atoms with Crippen molar-refractivity contribution < 1.29 is 14.7 Å². The minimum Gasteiger partial charge on any atom is -0.481 e. The van der Waals surface area contributed by atoms with E-state index in [1.807, 2.05) is 19.1 Å². The number of halogens is 2. The number of urea groups is 1. The van der Waals surface area contributed by atoms with Gasteiger partial charge in [0.25, 0.3) is 0 Å². The van der Waals surface area contributed by atoms with E-state index < -0.39 is 11.9 Å². The fraction of sp³-hybridized carbons (Fsp3) is 0.429. The SMILES string of the molecule is Cc1cc(Br)c(NC(=O)N2CCCC(C(=O)O)C2)c(Br)c1. The number of carbonyl (C=O) groups excluding carboxylic acids is 1. The van der Waals surface area contributed by atoms with Crippen LogP contribution in [0.1, 0.15) is 18.4 Å². The van der Waals surface area contributed by atoms with Crippen molar-refractivity contribution in [2.45, 2.75) is 19.8 Å². The summed E-state index contributed by atoms with van der Waals surface area (Å²) in [4.78, 5) is 24.9. The fourth-order valence-corrected chi connectivity index (χ4v) is 3.98. The summed E-state index contributed by atoms with van der Waals surface area (Å²) < 4.78 is 1.57. The van der Waals surface area contributed by atoms with E-state index in [0.29, 0.717) is 25.1 Å². The monoisotopic (exact) mass is 418 g/mol. The third kappa shape index (κ3) is 3.97. The molecule has 0 aliphatic carbocycles. The van der Waals surface area contributed by atoms with Gasteiger partial charge >= 0.3 is 12.0 Å². The van der Waals surface area contributed by atoms with Gasteiger partial charge in [-0.25, -0.2) is 4.79 Å². The van der Waals surface area contributed by atoms with Crippen LogP contribution in [0.5, 0.6) is 0 Å². The van der Waals surface area contributed by atoms with Crippen molar-refractivity contribution in [3.63, 3.8) is 0 Å². The second kappa shape index (κ2) is 6.79. The highest BCUT2D eigenvalue weighted by atomic mass is 79.9. The van der Waals surface area contributed by atoms with Gasteiger partial charge in [-0.15, -0.1) is 0 Å². The van der Waals surface area contributed by atoms with Gasteiger partial charge in [0.15, 0.2) is 0 Å². The highest BCUT2D eigenvalue weighted by molar-refractivity contribution is 9.11. The molecule has 1 heterocycles. The molecule has 1 aromatic rings. The molecule has 0 saturated carbocycles. The Kier molecular flexibility index (Phi) is 5.27. The standard InChI is InChI=1S/C14H16Br2N2O3/c1-8-5-10(15)12(11(16)6-8)17-14(21)18-4-2-3-9(7-18)13(19)20/h5-6,9H,2-4,7H2,1H3,(H,17,21)(H,19,20). The Morgan fingerprint density at radius 1 is 1.33 bits per heavy atom. The number of carbonyl (C=O) groups is 2. The van der Waals surface area contributed by atoms with E-state index in [0.717, 1.165) is 14.5 Å². The average Bonchev–Trinajstić information content (AvgIpc) is 2.42. The molecule has 1 aliphatic heterocycles. The Bertz CT molecular complexity index is 554. The number of aryl methyl sites for hydroxylation is 1. The van der Waals surface area contributed by atoms with E-state index in [-0.39, 0.29) is 12.6 Å². The van der Waals surface area contributed by atoms with Crippen LogP contribution >= 0.6 is 31.9 Å². The van der Waals surface area contributed by atoms with Crippen LogP contribution in [0.3, 0.4) is 0 Å².